The first kappa shape index (κ1) is 20.3. The van der Waals surface area contributed by atoms with Crippen molar-refractivity contribution >= 4 is 11.8 Å². The van der Waals surface area contributed by atoms with E-state index in [1.54, 1.807) is 0 Å². The Kier molecular flexibility index (Phi) is 7.95. The van der Waals surface area contributed by atoms with Crippen LogP contribution in [0.3, 0.4) is 0 Å². The first-order valence-electron chi connectivity index (χ1n) is 9.81. The summed E-state index contributed by atoms with van der Waals surface area (Å²) in [6.45, 7) is 9.27. The topological polar surface area (TPSA) is 49.9 Å². The van der Waals surface area contributed by atoms with Crippen LogP contribution < -0.4 is 4.74 Å². The zero-order valence-electron chi connectivity index (χ0n) is 16.4. The van der Waals surface area contributed by atoms with Gasteiger partial charge >= 0.3 is 0 Å². The molecule has 1 fully saturated rings. The molecule has 0 atom stereocenters. The number of benzene rings is 1. The van der Waals surface area contributed by atoms with Gasteiger partial charge in [0.25, 0.3) is 0 Å². The molecule has 0 radical (unpaired) electrons. The lowest BCUT2D eigenvalue weighted by molar-refractivity contribution is -0.142. The van der Waals surface area contributed by atoms with Gasteiger partial charge in [0, 0.05) is 38.5 Å². The van der Waals surface area contributed by atoms with Crippen LogP contribution in [0.1, 0.15) is 45.1 Å². The van der Waals surface area contributed by atoms with Crippen LogP contribution in [0.2, 0.25) is 0 Å². The molecule has 144 valence electrons. The lowest BCUT2D eigenvalue weighted by Gasteiger charge is -2.36. The van der Waals surface area contributed by atoms with Gasteiger partial charge in [-0.3, -0.25) is 9.59 Å². The minimum atomic E-state index is 0.121. The van der Waals surface area contributed by atoms with Crippen LogP contribution in [0, 0.1) is 12.8 Å². The van der Waals surface area contributed by atoms with Crippen LogP contribution in [0.5, 0.6) is 5.75 Å². The number of para-hydroxylation sites is 1. The van der Waals surface area contributed by atoms with Gasteiger partial charge in [-0.05, 0) is 37.8 Å². The van der Waals surface area contributed by atoms with E-state index in [0.717, 1.165) is 24.2 Å². The molecule has 5 heteroatoms. The molecule has 0 bridgehead atoms. The predicted molar refractivity (Wildman–Crippen MR) is 103 cm³/mol. The van der Waals surface area contributed by atoms with Gasteiger partial charge in [-0.15, -0.1) is 0 Å². The summed E-state index contributed by atoms with van der Waals surface area (Å²) in [7, 11) is 0. The normalized spacial score (nSPS) is 14.6. The Bertz CT molecular complexity index is 591. The van der Waals surface area contributed by atoms with Crippen molar-refractivity contribution in [1.82, 2.24) is 9.80 Å². The summed E-state index contributed by atoms with van der Waals surface area (Å²) >= 11 is 0. The molecule has 0 unspecified atom stereocenters. The highest BCUT2D eigenvalue weighted by Crippen LogP contribution is 2.17. The molecule has 1 aromatic carbocycles. The molecule has 0 spiro atoms. The molecule has 1 aliphatic heterocycles. The average Bonchev–Trinajstić information content (AvgIpc) is 2.67. The largest absolute Gasteiger partial charge is 0.493 e. The molecule has 26 heavy (non-hydrogen) atoms. The van der Waals surface area contributed by atoms with E-state index in [0.29, 0.717) is 45.6 Å². The van der Waals surface area contributed by atoms with Crippen LogP contribution in [0.25, 0.3) is 0 Å². The minimum Gasteiger partial charge on any atom is -0.493 e. The fourth-order valence-electron chi connectivity index (χ4n) is 3.35. The summed E-state index contributed by atoms with van der Waals surface area (Å²) in [4.78, 5) is 28.6. The predicted octanol–water partition coefficient (Wildman–Crippen LogP) is 3.26. The maximum absolute atomic E-state index is 12.4. The van der Waals surface area contributed by atoms with Gasteiger partial charge in [-0.1, -0.05) is 32.0 Å². The molecule has 0 aliphatic carbocycles. The number of nitrogens with zero attached hydrogens (tertiary/aromatic N) is 2. The Morgan fingerprint density at radius 3 is 2.27 bits per heavy atom. The van der Waals surface area contributed by atoms with Crippen molar-refractivity contribution in [2.45, 2.75) is 46.5 Å². The van der Waals surface area contributed by atoms with Crippen LogP contribution in [-0.2, 0) is 9.59 Å². The van der Waals surface area contributed by atoms with E-state index in [4.69, 9.17) is 4.74 Å². The maximum Gasteiger partial charge on any atom is 0.225 e. The molecule has 5 nitrogen and oxygen atoms in total. The molecule has 1 aromatic rings. The fourth-order valence-corrected chi connectivity index (χ4v) is 3.35. The van der Waals surface area contributed by atoms with E-state index in [2.05, 4.69) is 13.8 Å². The number of piperazine rings is 1. The zero-order chi connectivity index (χ0) is 18.9. The number of hydrogen-bond donors (Lipinski definition) is 0. The number of hydrogen-bond acceptors (Lipinski definition) is 3. The molecular formula is C21H32N2O3. The monoisotopic (exact) mass is 360 g/mol. The third kappa shape index (κ3) is 5.48. The average molecular weight is 360 g/mol. The summed E-state index contributed by atoms with van der Waals surface area (Å²) < 4.78 is 5.75. The van der Waals surface area contributed by atoms with Crippen molar-refractivity contribution < 1.29 is 14.3 Å². The second kappa shape index (κ2) is 10.2. The van der Waals surface area contributed by atoms with Gasteiger partial charge in [0.05, 0.1) is 6.61 Å². The minimum absolute atomic E-state index is 0.121. The highest BCUT2D eigenvalue weighted by molar-refractivity contribution is 5.80. The molecule has 0 aromatic heterocycles. The van der Waals surface area contributed by atoms with Gasteiger partial charge < -0.3 is 14.5 Å². The van der Waals surface area contributed by atoms with Crippen LogP contribution in [-0.4, -0.2) is 54.4 Å². The summed E-state index contributed by atoms with van der Waals surface area (Å²) in [5.74, 6) is 1.41. The Morgan fingerprint density at radius 1 is 1.04 bits per heavy atom. The third-order valence-electron chi connectivity index (χ3n) is 5.17. The van der Waals surface area contributed by atoms with E-state index in [1.165, 1.54) is 0 Å². The van der Waals surface area contributed by atoms with Crippen LogP contribution >= 0.6 is 0 Å². The highest BCUT2D eigenvalue weighted by atomic mass is 16.5. The van der Waals surface area contributed by atoms with E-state index in [9.17, 15) is 9.59 Å². The van der Waals surface area contributed by atoms with Crippen molar-refractivity contribution in [1.29, 1.82) is 0 Å². The van der Waals surface area contributed by atoms with E-state index >= 15 is 0 Å². The second-order valence-electron chi connectivity index (χ2n) is 6.94. The number of carbonyl (C=O) groups is 2. The number of amides is 2. The molecule has 0 saturated carbocycles. The molecule has 0 N–H and O–H groups in total. The Balaban J connectivity index is 1.68. The number of rotatable bonds is 8. The second-order valence-corrected chi connectivity index (χ2v) is 6.94. The van der Waals surface area contributed by atoms with Gasteiger partial charge in [0.15, 0.2) is 0 Å². The molecule has 1 saturated heterocycles. The number of carbonyl (C=O) groups excluding carboxylic acids is 2. The highest BCUT2D eigenvalue weighted by Gasteiger charge is 2.27. The smallest absolute Gasteiger partial charge is 0.225 e. The van der Waals surface area contributed by atoms with E-state index in [-0.39, 0.29) is 17.7 Å². The van der Waals surface area contributed by atoms with Crippen molar-refractivity contribution in [3.05, 3.63) is 29.8 Å². The lowest BCUT2D eigenvalue weighted by Crippen LogP contribution is -2.51. The first-order valence-corrected chi connectivity index (χ1v) is 9.81. The maximum atomic E-state index is 12.4. The van der Waals surface area contributed by atoms with Gasteiger partial charge in [0.2, 0.25) is 11.8 Å². The Morgan fingerprint density at radius 2 is 1.65 bits per heavy atom. The molecule has 2 amide bonds. The molecular weight excluding hydrogens is 328 g/mol. The Labute approximate surface area is 157 Å². The van der Waals surface area contributed by atoms with Crippen LogP contribution in [0.4, 0.5) is 0 Å². The summed E-state index contributed by atoms with van der Waals surface area (Å²) in [5.41, 5.74) is 1.11. The van der Waals surface area contributed by atoms with Crippen molar-refractivity contribution in [3.8, 4) is 5.75 Å². The Hall–Kier alpha value is -2.04. The van der Waals surface area contributed by atoms with E-state index < -0.39 is 0 Å². The summed E-state index contributed by atoms with van der Waals surface area (Å²) in [6, 6.07) is 7.91. The van der Waals surface area contributed by atoms with E-state index in [1.807, 2.05) is 41.0 Å². The van der Waals surface area contributed by atoms with Crippen molar-refractivity contribution in [2.75, 3.05) is 32.8 Å². The van der Waals surface area contributed by atoms with Gasteiger partial charge in [-0.25, -0.2) is 0 Å². The van der Waals surface area contributed by atoms with Crippen molar-refractivity contribution in [2.24, 2.45) is 5.92 Å². The third-order valence-corrected chi connectivity index (χ3v) is 5.17. The fraction of sp³-hybridized carbons (Fsp3) is 0.619. The summed E-state index contributed by atoms with van der Waals surface area (Å²) in [6.07, 6.45) is 2.97. The standard InChI is InChI=1S/C21H32N2O3/c1-4-18(5-2)21(25)23-14-12-22(13-15-23)20(24)11-8-16-26-19-10-7-6-9-17(19)3/h6-7,9-10,18H,4-5,8,11-16H2,1-3H3. The molecule has 2 rings (SSSR count). The number of aryl methyl sites for hydroxylation is 1. The quantitative estimate of drug-likeness (QED) is 0.669. The van der Waals surface area contributed by atoms with Crippen LogP contribution in [0.15, 0.2) is 24.3 Å². The van der Waals surface area contributed by atoms with Crippen molar-refractivity contribution in [3.63, 3.8) is 0 Å². The van der Waals surface area contributed by atoms with Gasteiger partial charge in [-0.2, -0.15) is 0 Å². The number of ether oxygens (including phenoxy) is 1. The summed E-state index contributed by atoms with van der Waals surface area (Å²) in [5, 5.41) is 0. The zero-order valence-corrected chi connectivity index (χ0v) is 16.4. The molecule has 1 aliphatic rings. The molecule has 1 heterocycles. The first-order chi connectivity index (χ1) is 12.6. The SMILES string of the molecule is CCC(CC)C(=O)N1CCN(C(=O)CCCOc2ccccc2C)CC1. The van der Waals surface area contributed by atoms with Gasteiger partial charge in [0.1, 0.15) is 5.75 Å². The lowest BCUT2D eigenvalue weighted by atomic mass is 10.0.